The lowest BCUT2D eigenvalue weighted by Gasteiger charge is -2.43. The van der Waals surface area contributed by atoms with Crippen LogP contribution in [0, 0.1) is 0 Å². The topological polar surface area (TPSA) is 70.1 Å². The van der Waals surface area contributed by atoms with Gasteiger partial charge in [0.25, 0.3) is 5.91 Å². The number of likely N-dealkylation sites (tertiary alicyclic amines) is 1. The second-order valence-corrected chi connectivity index (χ2v) is 7.03. The van der Waals surface area contributed by atoms with Crippen molar-refractivity contribution < 1.29 is 19.4 Å². The molecular weight excluding hydrogens is 355 g/mol. The van der Waals surface area contributed by atoms with E-state index >= 15 is 0 Å². The van der Waals surface area contributed by atoms with Gasteiger partial charge in [-0.25, -0.2) is 4.79 Å². The van der Waals surface area contributed by atoms with Gasteiger partial charge in [-0.1, -0.05) is 23.2 Å². The minimum absolute atomic E-state index is 0.00783. The molecule has 2 aliphatic rings. The molecule has 0 radical (unpaired) electrons. The number of carbonyl (C=O) groups excluding carboxylic acids is 1. The van der Waals surface area contributed by atoms with Gasteiger partial charge in [0.2, 0.25) is 0 Å². The van der Waals surface area contributed by atoms with Crippen molar-refractivity contribution in [3.8, 4) is 0 Å². The SMILES string of the molecule is CN1CCC2(CC1)OC[C@@H](C(=O)O)N2C(=O)c1ccc(Cl)c(Cl)c1. The zero-order valence-electron chi connectivity index (χ0n) is 13.2. The number of ether oxygens (including phenoxy) is 1. The summed E-state index contributed by atoms with van der Waals surface area (Å²) in [6.45, 7) is 1.46. The van der Waals surface area contributed by atoms with Gasteiger partial charge in [0.05, 0.1) is 16.7 Å². The van der Waals surface area contributed by atoms with Crippen LogP contribution in [0.4, 0.5) is 0 Å². The Balaban J connectivity index is 1.96. The fourth-order valence-corrected chi connectivity index (χ4v) is 3.59. The van der Waals surface area contributed by atoms with Crippen molar-refractivity contribution in [3.63, 3.8) is 0 Å². The number of amides is 1. The molecule has 3 rings (SSSR count). The number of piperidine rings is 1. The number of hydrogen-bond donors (Lipinski definition) is 1. The van der Waals surface area contributed by atoms with Gasteiger partial charge < -0.3 is 14.7 Å². The van der Waals surface area contributed by atoms with Gasteiger partial charge in [-0.05, 0) is 25.2 Å². The number of halogens is 2. The number of aliphatic carboxylic acids is 1. The molecule has 24 heavy (non-hydrogen) atoms. The van der Waals surface area contributed by atoms with Crippen LogP contribution in [0.1, 0.15) is 23.2 Å². The van der Waals surface area contributed by atoms with Crippen LogP contribution in [0.25, 0.3) is 0 Å². The maximum Gasteiger partial charge on any atom is 0.328 e. The first-order valence-corrected chi connectivity index (χ1v) is 8.44. The zero-order chi connectivity index (χ0) is 17.5. The van der Waals surface area contributed by atoms with E-state index in [9.17, 15) is 14.7 Å². The first-order valence-electron chi connectivity index (χ1n) is 7.68. The lowest BCUT2D eigenvalue weighted by molar-refractivity contribution is -0.143. The summed E-state index contributed by atoms with van der Waals surface area (Å²) < 4.78 is 5.85. The smallest absolute Gasteiger partial charge is 0.328 e. The van der Waals surface area contributed by atoms with E-state index in [1.165, 1.54) is 17.0 Å². The molecule has 1 N–H and O–H groups in total. The average Bonchev–Trinajstić information content (AvgIpc) is 2.92. The fraction of sp³-hybridized carbons (Fsp3) is 0.500. The Hall–Kier alpha value is -1.34. The van der Waals surface area contributed by atoms with E-state index in [1.54, 1.807) is 6.07 Å². The largest absolute Gasteiger partial charge is 0.480 e. The van der Waals surface area contributed by atoms with Crippen LogP contribution in [0.3, 0.4) is 0 Å². The molecule has 1 amide bonds. The summed E-state index contributed by atoms with van der Waals surface area (Å²) in [7, 11) is 1.99. The van der Waals surface area contributed by atoms with Gasteiger partial charge in [0.15, 0.2) is 6.04 Å². The standard InChI is InChI=1S/C16H18Cl2N2O4/c1-19-6-4-16(5-7-19)20(13(9-24-16)15(22)23)14(21)10-2-3-11(17)12(18)8-10/h2-3,8,13H,4-7,9H2,1H3,(H,22,23)/t13-/m0/s1. The number of carboxylic acid groups (broad SMARTS) is 1. The van der Waals surface area contributed by atoms with E-state index in [4.69, 9.17) is 27.9 Å². The molecule has 130 valence electrons. The predicted molar refractivity (Wildman–Crippen MR) is 89.5 cm³/mol. The van der Waals surface area contributed by atoms with Crippen LogP contribution < -0.4 is 0 Å². The number of benzene rings is 1. The molecule has 6 nitrogen and oxygen atoms in total. The fourth-order valence-electron chi connectivity index (χ4n) is 3.29. The summed E-state index contributed by atoms with van der Waals surface area (Å²) in [5.41, 5.74) is -0.571. The highest BCUT2D eigenvalue weighted by molar-refractivity contribution is 6.42. The number of carbonyl (C=O) groups is 2. The molecule has 0 unspecified atom stereocenters. The molecule has 0 aliphatic carbocycles. The maximum atomic E-state index is 13.0. The third kappa shape index (κ3) is 2.99. The molecule has 2 fully saturated rings. The van der Waals surface area contributed by atoms with E-state index < -0.39 is 23.6 Å². The minimum Gasteiger partial charge on any atom is -0.480 e. The summed E-state index contributed by atoms with van der Waals surface area (Å²) in [6.07, 6.45) is 1.14. The van der Waals surface area contributed by atoms with Crippen molar-refractivity contribution in [2.75, 3.05) is 26.7 Å². The monoisotopic (exact) mass is 372 g/mol. The first kappa shape index (κ1) is 17.5. The van der Waals surface area contributed by atoms with Gasteiger partial charge in [0, 0.05) is 31.5 Å². The van der Waals surface area contributed by atoms with Crippen LogP contribution in [0.15, 0.2) is 18.2 Å². The normalized spacial score (nSPS) is 23.6. The van der Waals surface area contributed by atoms with Crippen molar-refractivity contribution in [2.24, 2.45) is 0 Å². The van der Waals surface area contributed by atoms with E-state index in [-0.39, 0.29) is 11.6 Å². The van der Waals surface area contributed by atoms with Crippen LogP contribution in [0.2, 0.25) is 10.0 Å². The summed E-state index contributed by atoms with van der Waals surface area (Å²) >= 11 is 11.9. The van der Waals surface area contributed by atoms with Gasteiger partial charge in [0.1, 0.15) is 5.72 Å². The number of carboxylic acids is 1. The molecule has 1 atom stereocenters. The maximum absolute atomic E-state index is 13.0. The Kier molecular flexibility index (Phi) is 4.75. The van der Waals surface area contributed by atoms with E-state index in [1.807, 2.05) is 7.05 Å². The highest BCUT2D eigenvalue weighted by Crippen LogP contribution is 2.38. The van der Waals surface area contributed by atoms with Gasteiger partial charge >= 0.3 is 5.97 Å². The van der Waals surface area contributed by atoms with E-state index in [0.29, 0.717) is 23.4 Å². The van der Waals surface area contributed by atoms with Crippen molar-refractivity contribution in [2.45, 2.75) is 24.6 Å². The second kappa shape index (κ2) is 6.52. The Morgan fingerprint density at radius 1 is 1.25 bits per heavy atom. The third-order valence-electron chi connectivity index (χ3n) is 4.70. The van der Waals surface area contributed by atoms with Gasteiger partial charge in [-0.15, -0.1) is 0 Å². The number of hydrogen-bond acceptors (Lipinski definition) is 4. The van der Waals surface area contributed by atoms with Gasteiger partial charge in [-0.2, -0.15) is 0 Å². The molecule has 1 spiro atoms. The quantitative estimate of drug-likeness (QED) is 0.862. The number of nitrogens with zero attached hydrogens (tertiary/aromatic N) is 2. The van der Waals surface area contributed by atoms with E-state index in [0.717, 1.165) is 13.1 Å². The second-order valence-electron chi connectivity index (χ2n) is 6.22. The van der Waals surface area contributed by atoms with Crippen molar-refractivity contribution >= 4 is 35.1 Å². The molecule has 0 aromatic heterocycles. The molecule has 1 aromatic rings. The molecule has 2 saturated heterocycles. The summed E-state index contributed by atoms with van der Waals surface area (Å²) in [4.78, 5) is 28.2. The Morgan fingerprint density at radius 2 is 1.92 bits per heavy atom. The average molecular weight is 373 g/mol. The summed E-state index contributed by atoms with van der Waals surface area (Å²) in [5, 5.41) is 10.1. The summed E-state index contributed by atoms with van der Waals surface area (Å²) in [6, 6.07) is 3.54. The Bertz CT molecular complexity index is 674. The van der Waals surface area contributed by atoms with Crippen LogP contribution >= 0.6 is 23.2 Å². The lowest BCUT2D eigenvalue weighted by atomic mass is 9.97. The highest BCUT2D eigenvalue weighted by atomic mass is 35.5. The molecule has 8 heteroatoms. The Morgan fingerprint density at radius 3 is 2.50 bits per heavy atom. The van der Waals surface area contributed by atoms with Crippen LogP contribution in [0.5, 0.6) is 0 Å². The lowest BCUT2D eigenvalue weighted by Crippen LogP contribution is -2.57. The van der Waals surface area contributed by atoms with Crippen LogP contribution in [-0.4, -0.2) is 65.3 Å². The summed E-state index contributed by atoms with van der Waals surface area (Å²) in [5.74, 6) is -1.47. The molecule has 1 aromatic carbocycles. The van der Waals surface area contributed by atoms with Crippen molar-refractivity contribution in [3.05, 3.63) is 33.8 Å². The first-order chi connectivity index (χ1) is 11.3. The zero-order valence-corrected chi connectivity index (χ0v) is 14.7. The van der Waals surface area contributed by atoms with E-state index in [2.05, 4.69) is 4.90 Å². The molecule has 2 heterocycles. The van der Waals surface area contributed by atoms with Gasteiger partial charge in [-0.3, -0.25) is 9.69 Å². The molecule has 0 saturated carbocycles. The van der Waals surface area contributed by atoms with Crippen molar-refractivity contribution in [1.82, 2.24) is 9.80 Å². The van der Waals surface area contributed by atoms with Crippen molar-refractivity contribution in [1.29, 1.82) is 0 Å². The Labute approximate surface area is 149 Å². The third-order valence-corrected chi connectivity index (χ3v) is 5.44. The highest BCUT2D eigenvalue weighted by Gasteiger charge is 2.53. The minimum atomic E-state index is -1.07. The predicted octanol–water partition coefficient (Wildman–Crippen LogP) is 2.34. The molecule has 0 bridgehead atoms. The molecule has 2 aliphatic heterocycles. The number of rotatable bonds is 2. The van der Waals surface area contributed by atoms with Crippen LogP contribution in [-0.2, 0) is 9.53 Å². The molecular formula is C16H18Cl2N2O4.